The fourth-order valence-corrected chi connectivity index (χ4v) is 7.13. The SMILES string of the molecule is C=C[C@@]1(C)CC[C@@H]2[C@@]3(C)CCC(Br)C(C)(C)[C@@H]3C(O)C[C@@]2(C)O1. The van der Waals surface area contributed by atoms with Gasteiger partial charge in [-0.1, -0.05) is 42.8 Å². The summed E-state index contributed by atoms with van der Waals surface area (Å²) in [5.41, 5.74) is -0.257. The Bertz CT molecular complexity index is 504. The lowest BCUT2D eigenvalue weighted by Gasteiger charge is -2.67. The maximum atomic E-state index is 11.1. The normalized spacial score (nSPS) is 55.6. The summed E-state index contributed by atoms with van der Waals surface area (Å²) in [6.45, 7) is 15.4. The number of hydrogen-bond donors (Lipinski definition) is 1. The number of aliphatic hydroxyl groups excluding tert-OH is 1. The molecule has 3 heteroatoms. The van der Waals surface area contributed by atoms with E-state index in [1.54, 1.807) is 0 Å². The first kappa shape index (κ1) is 17.9. The van der Waals surface area contributed by atoms with Gasteiger partial charge >= 0.3 is 0 Å². The largest absolute Gasteiger partial charge is 0.393 e. The highest BCUT2D eigenvalue weighted by Crippen LogP contribution is 2.66. The van der Waals surface area contributed by atoms with Crippen LogP contribution in [-0.2, 0) is 4.74 Å². The molecule has 0 spiro atoms. The molecular weight excluding hydrogens is 352 g/mol. The Kier molecular flexibility index (Phi) is 4.15. The van der Waals surface area contributed by atoms with Gasteiger partial charge in [-0.15, -0.1) is 6.58 Å². The third-order valence-electron chi connectivity index (χ3n) is 7.62. The number of rotatable bonds is 1. The number of aliphatic hydroxyl groups is 1. The maximum absolute atomic E-state index is 11.1. The van der Waals surface area contributed by atoms with Gasteiger partial charge in [0.05, 0.1) is 17.3 Å². The summed E-state index contributed by atoms with van der Waals surface area (Å²) >= 11 is 3.90. The molecule has 132 valence electrons. The molecule has 0 aromatic rings. The summed E-state index contributed by atoms with van der Waals surface area (Å²) in [4.78, 5) is 0.482. The smallest absolute Gasteiger partial charge is 0.0839 e. The lowest BCUT2D eigenvalue weighted by molar-refractivity contribution is -0.276. The lowest BCUT2D eigenvalue weighted by atomic mass is 9.43. The third kappa shape index (κ3) is 2.48. The minimum atomic E-state index is -0.302. The molecule has 3 fully saturated rings. The van der Waals surface area contributed by atoms with Gasteiger partial charge in [-0.2, -0.15) is 0 Å². The monoisotopic (exact) mass is 384 g/mol. The van der Waals surface area contributed by atoms with Crippen LogP contribution in [0.15, 0.2) is 12.7 Å². The molecule has 1 aliphatic heterocycles. The van der Waals surface area contributed by atoms with Crippen molar-refractivity contribution in [2.45, 2.75) is 88.9 Å². The van der Waals surface area contributed by atoms with Crippen molar-refractivity contribution in [1.82, 2.24) is 0 Å². The van der Waals surface area contributed by atoms with E-state index in [4.69, 9.17) is 4.74 Å². The summed E-state index contributed by atoms with van der Waals surface area (Å²) in [5.74, 6) is 0.832. The predicted molar refractivity (Wildman–Crippen MR) is 98.8 cm³/mol. The molecule has 23 heavy (non-hydrogen) atoms. The van der Waals surface area contributed by atoms with Gasteiger partial charge in [0.2, 0.25) is 0 Å². The first-order valence-corrected chi connectivity index (χ1v) is 10.1. The Morgan fingerprint density at radius 1 is 1.13 bits per heavy atom. The van der Waals surface area contributed by atoms with Crippen LogP contribution in [0, 0.1) is 22.7 Å². The fourth-order valence-electron chi connectivity index (χ4n) is 6.62. The fraction of sp³-hybridized carbons (Fsp3) is 0.900. The Labute approximate surface area is 150 Å². The zero-order valence-electron chi connectivity index (χ0n) is 15.4. The van der Waals surface area contributed by atoms with Crippen LogP contribution in [0.25, 0.3) is 0 Å². The van der Waals surface area contributed by atoms with Crippen LogP contribution in [0.4, 0.5) is 0 Å². The van der Waals surface area contributed by atoms with Gasteiger partial charge in [-0.25, -0.2) is 0 Å². The Balaban J connectivity index is 2.01. The molecule has 0 radical (unpaired) electrons. The van der Waals surface area contributed by atoms with Crippen LogP contribution in [-0.4, -0.2) is 27.2 Å². The molecule has 2 unspecified atom stereocenters. The molecule has 0 amide bonds. The highest BCUT2D eigenvalue weighted by atomic mass is 79.9. The van der Waals surface area contributed by atoms with Crippen molar-refractivity contribution in [2.24, 2.45) is 22.7 Å². The van der Waals surface area contributed by atoms with E-state index in [1.165, 1.54) is 19.3 Å². The quantitative estimate of drug-likeness (QED) is 0.503. The van der Waals surface area contributed by atoms with E-state index < -0.39 is 0 Å². The van der Waals surface area contributed by atoms with Crippen molar-refractivity contribution in [3.8, 4) is 0 Å². The topological polar surface area (TPSA) is 29.5 Å². The summed E-state index contributed by atoms with van der Waals surface area (Å²) in [5, 5.41) is 11.1. The van der Waals surface area contributed by atoms with E-state index in [0.717, 1.165) is 12.8 Å². The van der Waals surface area contributed by atoms with E-state index >= 15 is 0 Å². The lowest BCUT2D eigenvalue weighted by Crippen LogP contribution is -2.67. The Morgan fingerprint density at radius 3 is 2.39 bits per heavy atom. The molecule has 1 N–H and O–H groups in total. The first-order valence-electron chi connectivity index (χ1n) is 9.14. The molecule has 1 saturated heterocycles. The summed E-state index contributed by atoms with van der Waals surface area (Å²) in [7, 11) is 0. The van der Waals surface area contributed by atoms with Crippen molar-refractivity contribution in [3.63, 3.8) is 0 Å². The molecule has 2 aliphatic carbocycles. The highest BCUT2D eigenvalue weighted by Gasteiger charge is 2.65. The van der Waals surface area contributed by atoms with Crippen molar-refractivity contribution < 1.29 is 9.84 Å². The van der Waals surface area contributed by atoms with E-state index in [9.17, 15) is 5.11 Å². The minimum Gasteiger partial charge on any atom is -0.393 e. The van der Waals surface area contributed by atoms with E-state index in [2.05, 4.69) is 57.1 Å². The van der Waals surface area contributed by atoms with Gasteiger partial charge in [-0.3, -0.25) is 0 Å². The molecule has 0 aromatic carbocycles. The number of fused-ring (bicyclic) bond motifs is 3. The van der Waals surface area contributed by atoms with Gasteiger partial charge in [0, 0.05) is 11.2 Å². The highest BCUT2D eigenvalue weighted by molar-refractivity contribution is 9.09. The zero-order valence-corrected chi connectivity index (χ0v) is 16.9. The standard InChI is InChI=1S/C20H33BrO2/c1-7-18(4)10-8-14-19(5)11-9-15(21)17(2,3)16(19)13(22)12-20(14,6)23-18/h7,13-16,22H,1,8-12H2,2-6H3/t13?,14-,15?,16+,18+,19-,20-/m1/s1. The summed E-state index contributed by atoms with van der Waals surface area (Å²) in [6, 6.07) is 0. The number of alkyl halides is 1. The Morgan fingerprint density at radius 2 is 1.78 bits per heavy atom. The summed E-state index contributed by atoms with van der Waals surface area (Å²) < 4.78 is 6.60. The van der Waals surface area contributed by atoms with Gasteiger partial charge in [-0.05, 0) is 62.2 Å². The van der Waals surface area contributed by atoms with Crippen LogP contribution in [0.2, 0.25) is 0 Å². The molecule has 3 aliphatic rings. The maximum Gasteiger partial charge on any atom is 0.0839 e. The number of halogens is 1. The average molecular weight is 385 g/mol. The van der Waals surface area contributed by atoms with Crippen LogP contribution in [0.5, 0.6) is 0 Å². The first-order chi connectivity index (χ1) is 10.5. The van der Waals surface area contributed by atoms with Gasteiger partial charge < -0.3 is 9.84 Å². The second-order valence-corrected chi connectivity index (χ2v) is 10.7. The second kappa shape index (κ2) is 5.32. The molecule has 3 rings (SSSR count). The molecule has 7 atom stereocenters. The van der Waals surface area contributed by atoms with E-state index in [-0.39, 0.29) is 28.1 Å². The molecule has 1 heterocycles. The third-order valence-corrected chi connectivity index (χ3v) is 9.25. The second-order valence-electron chi connectivity index (χ2n) is 9.61. The van der Waals surface area contributed by atoms with Crippen molar-refractivity contribution in [1.29, 1.82) is 0 Å². The van der Waals surface area contributed by atoms with Crippen LogP contribution >= 0.6 is 15.9 Å². The predicted octanol–water partition coefficient (Wildman–Crippen LogP) is 5.09. The average Bonchev–Trinajstić information content (AvgIpc) is 2.41. The summed E-state index contributed by atoms with van der Waals surface area (Å²) in [6.07, 6.45) is 6.94. The van der Waals surface area contributed by atoms with Crippen molar-refractivity contribution in [2.75, 3.05) is 0 Å². The minimum absolute atomic E-state index is 0.104. The van der Waals surface area contributed by atoms with Gasteiger partial charge in [0.15, 0.2) is 0 Å². The van der Waals surface area contributed by atoms with Crippen LogP contribution < -0.4 is 0 Å². The zero-order chi connectivity index (χ0) is 17.3. The van der Waals surface area contributed by atoms with Gasteiger partial charge in [0.25, 0.3) is 0 Å². The van der Waals surface area contributed by atoms with E-state index in [0.29, 0.717) is 16.7 Å². The van der Waals surface area contributed by atoms with Crippen molar-refractivity contribution >= 4 is 15.9 Å². The van der Waals surface area contributed by atoms with Crippen molar-refractivity contribution in [3.05, 3.63) is 12.7 Å². The number of hydrogen-bond acceptors (Lipinski definition) is 2. The molecule has 0 bridgehead atoms. The molecular formula is C20H33BrO2. The Hall–Kier alpha value is 0.140. The number of ether oxygens (including phenoxy) is 1. The molecule has 2 saturated carbocycles. The van der Waals surface area contributed by atoms with Gasteiger partial charge in [0.1, 0.15) is 0 Å². The molecule has 0 aromatic heterocycles. The molecule has 2 nitrogen and oxygen atoms in total. The van der Waals surface area contributed by atoms with Crippen LogP contribution in [0.1, 0.15) is 66.7 Å². The van der Waals surface area contributed by atoms with Crippen LogP contribution in [0.3, 0.4) is 0 Å². The van der Waals surface area contributed by atoms with E-state index in [1.807, 2.05) is 6.08 Å².